The smallest absolute Gasteiger partial charge is 0.337 e. The van der Waals surface area contributed by atoms with E-state index < -0.39 is 29.5 Å². The fourth-order valence-corrected chi connectivity index (χ4v) is 4.61. The first-order valence-electron chi connectivity index (χ1n) is 12.1. The molecule has 8 nitrogen and oxygen atoms in total. The van der Waals surface area contributed by atoms with Crippen LogP contribution in [-0.4, -0.2) is 65.9 Å². The van der Waals surface area contributed by atoms with Crippen molar-refractivity contribution in [3.05, 3.63) is 82.8 Å². The summed E-state index contributed by atoms with van der Waals surface area (Å²) in [6.45, 7) is 7.06. The summed E-state index contributed by atoms with van der Waals surface area (Å²) >= 11 is 0. The number of ketones is 1. The second kappa shape index (κ2) is 10.8. The summed E-state index contributed by atoms with van der Waals surface area (Å²) in [5.74, 6) is -2.17. The number of Topliss-reactive ketones (excluding diaryl/α,β-unsaturated/α-hetero) is 1. The van der Waals surface area contributed by atoms with E-state index in [-0.39, 0.29) is 11.3 Å². The van der Waals surface area contributed by atoms with Crippen molar-refractivity contribution in [1.82, 2.24) is 9.80 Å². The van der Waals surface area contributed by atoms with Gasteiger partial charge in [0, 0.05) is 11.9 Å². The molecule has 1 aromatic heterocycles. The molecule has 1 N–H and O–H groups in total. The van der Waals surface area contributed by atoms with Crippen molar-refractivity contribution in [3.63, 3.8) is 0 Å². The lowest BCUT2D eigenvalue weighted by Gasteiger charge is -2.28. The van der Waals surface area contributed by atoms with Crippen LogP contribution in [0.1, 0.15) is 52.8 Å². The summed E-state index contributed by atoms with van der Waals surface area (Å²) in [5, 5.41) is 11.6. The molecule has 3 aromatic rings. The molecule has 0 bridgehead atoms. The van der Waals surface area contributed by atoms with Crippen molar-refractivity contribution in [2.45, 2.75) is 26.3 Å². The number of furan rings is 1. The molecular weight excluding hydrogens is 460 g/mol. The minimum Gasteiger partial charge on any atom is -0.503 e. The largest absolute Gasteiger partial charge is 0.503 e. The van der Waals surface area contributed by atoms with Crippen LogP contribution in [0.3, 0.4) is 0 Å². The maximum Gasteiger partial charge on any atom is 0.337 e. The van der Waals surface area contributed by atoms with Crippen LogP contribution in [0.5, 0.6) is 0 Å². The number of hydrogen-bond acceptors (Lipinski definition) is 7. The van der Waals surface area contributed by atoms with Gasteiger partial charge in [-0.05, 0) is 55.9 Å². The fourth-order valence-electron chi connectivity index (χ4n) is 4.61. The van der Waals surface area contributed by atoms with E-state index in [0.717, 1.165) is 25.0 Å². The number of ether oxygens (including phenoxy) is 1. The zero-order valence-corrected chi connectivity index (χ0v) is 20.7. The average Bonchev–Trinajstić information content (AvgIpc) is 3.45. The van der Waals surface area contributed by atoms with Gasteiger partial charge >= 0.3 is 5.97 Å². The number of carbonyl (C=O) groups is 3. The third-order valence-corrected chi connectivity index (χ3v) is 6.61. The summed E-state index contributed by atoms with van der Waals surface area (Å²) in [6, 6.07) is 14.5. The molecule has 1 aliphatic heterocycles. The van der Waals surface area contributed by atoms with Crippen LogP contribution < -0.4 is 0 Å². The molecule has 0 aliphatic carbocycles. The molecule has 2 aromatic carbocycles. The van der Waals surface area contributed by atoms with Crippen LogP contribution in [0, 0.1) is 0 Å². The zero-order chi connectivity index (χ0) is 25.8. The molecular formula is C28H30N2O6. The van der Waals surface area contributed by atoms with E-state index in [4.69, 9.17) is 9.15 Å². The molecule has 0 saturated heterocycles. The summed E-state index contributed by atoms with van der Waals surface area (Å²) in [5.41, 5.74) is 1.45. The number of aliphatic hydroxyl groups excluding tert-OH is 1. The molecule has 36 heavy (non-hydrogen) atoms. The molecule has 8 heteroatoms. The van der Waals surface area contributed by atoms with Gasteiger partial charge in [0.1, 0.15) is 5.58 Å². The van der Waals surface area contributed by atoms with E-state index in [1.807, 2.05) is 12.1 Å². The van der Waals surface area contributed by atoms with Gasteiger partial charge in [-0.15, -0.1) is 0 Å². The van der Waals surface area contributed by atoms with E-state index in [9.17, 15) is 19.5 Å². The number of rotatable bonds is 10. The van der Waals surface area contributed by atoms with Gasteiger partial charge in [0.2, 0.25) is 5.78 Å². The fraction of sp³-hybridized carbons (Fsp3) is 0.321. The number of methoxy groups -OCH3 is 1. The monoisotopic (exact) mass is 490 g/mol. The number of esters is 1. The lowest BCUT2D eigenvalue weighted by atomic mass is 9.94. The summed E-state index contributed by atoms with van der Waals surface area (Å²) < 4.78 is 10.5. The SMILES string of the molecule is CCN(CC)CCCN1C(=O)C(O)=C(C(=O)c2cc3ccccc3o2)[C@@H]1c1ccc(C(=O)OC)cc1. The van der Waals surface area contributed by atoms with Gasteiger partial charge < -0.3 is 24.1 Å². The van der Waals surface area contributed by atoms with Crippen molar-refractivity contribution < 1.29 is 28.6 Å². The Labute approximate surface area is 209 Å². The van der Waals surface area contributed by atoms with E-state index in [0.29, 0.717) is 29.7 Å². The van der Waals surface area contributed by atoms with Gasteiger partial charge in [0.05, 0.1) is 24.3 Å². The maximum atomic E-state index is 13.6. The lowest BCUT2D eigenvalue weighted by molar-refractivity contribution is -0.129. The second-order valence-corrected chi connectivity index (χ2v) is 8.63. The van der Waals surface area contributed by atoms with Crippen molar-refractivity contribution in [2.24, 2.45) is 0 Å². The standard InChI is InChI=1S/C28H30N2O6/c1-4-29(5-2)15-8-16-30-24(18-11-13-19(14-12-18)28(34)35-3)23(26(32)27(30)33)25(31)22-17-20-9-6-7-10-21(20)36-22/h6-7,9-14,17,24,32H,4-5,8,15-16H2,1-3H3/t24-/m0/s1. The highest BCUT2D eigenvalue weighted by Crippen LogP contribution is 2.39. The molecule has 0 spiro atoms. The van der Waals surface area contributed by atoms with Crippen LogP contribution in [-0.2, 0) is 9.53 Å². The number of amides is 1. The van der Waals surface area contributed by atoms with Crippen molar-refractivity contribution in [3.8, 4) is 0 Å². The minimum atomic E-state index is -0.818. The van der Waals surface area contributed by atoms with E-state index >= 15 is 0 Å². The first-order valence-corrected chi connectivity index (χ1v) is 12.1. The molecule has 0 saturated carbocycles. The van der Waals surface area contributed by atoms with Gasteiger partial charge in [0.15, 0.2) is 11.5 Å². The molecule has 1 atom stereocenters. The Kier molecular flexibility index (Phi) is 7.55. The van der Waals surface area contributed by atoms with Gasteiger partial charge in [-0.2, -0.15) is 0 Å². The minimum absolute atomic E-state index is 0.0345. The maximum absolute atomic E-state index is 13.6. The van der Waals surface area contributed by atoms with Gasteiger partial charge in [0.25, 0.3) is 5.91 Å². The number of benzene rings is 2. The van der Waals surface area contributed by atoms with Crippen molar-refractivity contribution in [1.29, 1.82) is 0 Å². The average molecular weight is 491 g/mol. The quantitative estimate of drug-likeness (QED) is 0.329. The molecule has 0 fully saturated rings. The van der Waals surface area contributed by atoms with Gasteiger partial charge in [-0.3, -0.25) is 9.59 Å². The summed E-state index contributed by atoms with van der Waals surface area (Å²) in [6.07, 6.45) is 0.670. The number of carbonyl (C=O) groups excluding carboxylic acids is 3. The number of aliphatic hydroxyl groups is 1. The zero-order valence-electron chi connectivity index (χ0n) is 20.7. The first kappa shape index (κ1) is 25.2. The predicted molar refractivity (Wildman–Crippen MR) is 135 cm³/mol. The van der Waals surface area contributed by atoms with Crippen LogP contribution in [0.2, 0.25) is 0 Å². The van der Waals surface area contributed by atoms with Crippen LogP contribution in [0.4, 0.5) is 0 Å². The third kappa shape index (κ3) is 4.77. The van der Waals surface area contributed by atoms with E-state index in [1.165, 1.54) is 12.0 Å². The molecule has 1 amide bonds. The van der Waals surface area contributed by atoms with Gasteiger partial charge in [-0.25, -0.2) is 4.79 Å². The molecule has 4 rings (SSSR count). The Balaban J connectivity index is 1.71. The number of hydrogen-bond donors (Lipinski definition) is 1. The first-order chi connectivity index (χ1) is 17.4. The second-order valence-electron chi connectivity index (χ2n) is 8.63. The highest BCUT2D eigenvalue weighted by molar-refractivity contribution is 6.16. The van der Waals surface area contributed by atoms with Crippen LogP contribution in [0.25, 0.3) is 11.0 Å². The normalized spacial score (nSPS) is 15.8. The highest BCUT2D eigenvalue weighted by Gasteiger charge is 2.44. The Hall–Kier alpha value is -3.91. The molecule has 188 valence electrons. The Morgan fingerprint density at radius 2 is 1.78 bits per heavy atom. The Morgan fingerprint density at radius 1 is 1.08 bits per heavy atom. The lowest BCUT2D eigenvalue weighted by Crippen LogP contribution is -2.34. The van der Waals surface area contributed by atoms with Crippen molar-refractivity contribution in [2.75, 3.05) is 33.3 Å². The predicted octanol–water partition coefficient (Wildman–Crippen LogP) is 4.53. The van der Waals surface area contributed by atoms with Crippen LogP contribution >= 0.6 is 0 Å². The van der Waals surface area contributed by atoms with Crippen LogP contribution in [0.15, 0.2) is 70.3 Å². The third-order valence-electron chi connectivity index (χ3n) is 6.61. The summed E-state index contributed by atoms with van der Waals surface area (Å²) in [4.78, 5) is 42.5. The van der Waals surface area contributed by atoms with Crippen molar-refractivity contribution >= 4 is 28.6 Å². The number of para-hydroxylation sites is 1. The Morgan fingerprint density at radius 3 is 2.42 bits per heavy atom. The molecule has 2 heterocycles. The topological polar surface area (TPSA) is 100 Å². The number of nitrogens with zero attached hydrogens (tertiary/aromatic N) is 2. The number of fused-ring (bicyclic) bond motifs is 1. The Bertz CT molecular complexity index is 1270. The highest BCUT2D eigenvalue weighted by atomic mass is 16.5. The van der Waals surface area contributed by atoms with E-state index in [1.54, 1.807) is 42.5 Å². The molecule has 0 unspecified atom stereocenters. The van der Waals surface area contributed by atoms with E-state index in [2.05, 4.69) is 18.7 Å². The van der Waals surface area contributed by atoms with Gasteiger partial charge in [-0.1, -0.05) is 44.2 Å². The summed E-state index contributed by atoms with van der Waals surface area (Å²) in [7, 11) is 1.30. The molecule has 0 radical (unpaired) electrons. The molecule has 1 aliphatic rings.